The molecule has 0 saturated heterocycles. The molecule has 0 spiro atoms. The van der Waals surface area contributed by atoms with Crippen LogP contribution in [0.4, 0.5) is 0 Å². The largest absolute Gasteiger partial charge is 0.449 e. The van der Waals surface area contributed by atoms with Gasteiger partial charge < -0.3 is 15.0 Å². The number of fused-ring (bicyclic) bond motifs is 1. The number of ether oxygens (including phenoxy) is 1. The van der Waals surface area contributed by atoms with Crippen molar-refractivity contribution in [2.75, 3.05) is 0 Å². The van der Waals surface area contributed by atoms with Gasteiger partial charge in [0.25, 0.3) is 5.91 Å². The molecule has 2 N–H and O–H groups in total. The SMILES string of the molecule is C[C@@H](OC(=O)c1cc(=O)[nH]c2ccccc12)C(=O)N[C@@H]1CCCC[C@@H]1C. The van der Waals surface area contributed by atoms with Gasteiger partial charge in [-0.3, -0.25) is 9.59 Å². The van der Waals surface area contributed by atoms with Crippen molar-refractivity contribution in [2.45, 2.75) is 51.7 Å². The topological polar surface area (TPSA) is 88.3 Å². The molecule has 1 heterocycles. The van der Waals surface area contributed by atoms with E-state index in [9.17, 15) is 14.4 Å². The van der Waals surface area contributed by atoms with Gasteiger partial charge in [0.05, 0.1) is 5.56 Å². The molecule has 0 bridgehead atoms. The summed E-state index contributed by atoms with van der Waals surface area (Å²) in [7, 11) is 0. The van der Waals surface area contributed by atoms with Gasteiger partial charge in [0, 0.05) is 23.0 Å². The van der Waals surface area contributed by atoms with E-state index in [-0.39, 0.29) is 23.1 Å². The monoisotopic (exact) mass is 356 g/mol. The summed E-state index contributed by atoms with van der Waals surface area (Å²) in [6.45, 7) is 3.68. The molecule has 1 aliphatic rings. The van der Waals surface area contributed by atoms with E-state index in [4.69, 9.17) is 4.74 Å². The fourth-order valence-electron chi connectivity index (χ4n) is 3.48. The number of aromatic amines is 1. The Labute approximate surface area is 151 Å². The predicted molar refractivity (Wildman–Crippen MR) is 99.0 cm³/mol. The summed E-state index contributed by atoms with van der Waals surface area (Å²) in [5.74, 6) is -0.551. The molecule has 1 aromatic heterocycles. The van der Waals surface area contributed by atoms with Crippen molar-refractivity contribution < 1.29 is 14.3 Å². The highest BCUT2D eigenvalue weighted by Crippen LogP contribution is 2.24. The van der Waals surface area contributed by atoms with E-state index >= 15 is 0 Å². The minimum atomic E-state index is -0.922. The van der Waals surface area contributed by atoms with Crippen molar-refractivity contribution in [3.05, 3.63) is 46.2 Å². The van der Waals surface area contributed by atoms with E-state index < -0.39 is 12.1 Å². The van der Waals surface area contributed by atoms with Gasteiger partial charge in [-0.05, 0) is 31.7 Å². The lowest BCUT2D eigenvalue weighted by Crippen LogP contribution is -2.46. The van der Waals surface area contributed by atoms with E-state index in [1.807, 2.05) is 0 Å². The third-order valence-corrected chi connectivity index (χ3v) is 5.06. The number of hydrogen-bond donors (Lipinski definition) is 2. The highest BCUT2D eigenvalue weighted by molar-refractivity contribution is 6.03. The zero-order chi connectivity index (χ0) is 18.7. The first-order valence-corrected chi connectivity index (χ1v) is 9.09. The normalized spacial score (nSPS) is 21.2. The fourth-order valence-corrected chi connectivity index (χ4v) is 3.48. The number of carbonyl (C=O) groups excluding carboxylic acids is 2. The predicted octanol–water partition coefficient (Wildman–Crippen LogP) is 2.77. The summed E-state index contributed by atoms with van der Waals surface area (Å²) in [6, 6.07) is 8.33. The second-order valence-electron chi connectivity index (χ2n) is 7.02. The summed E-state index contributed by atoms with van der Waals surface area (Å²) >= 11 is 0. The van der Waals surface area contributed by atoms with E-state index in [2.05, 4.69) is 17.2 Å². The molecular formula is C20H24N2O4. The van der Waals surface area contributed by atoms with E-state index in [0.717, 1.165) is 19.3 Å². The lowest BCUT2D eigenvalue weighted by molar-refractivity contribution is -0.130. The number of benzene rings is 1. The van der Waals surface area contributed by atoms with Gasteiger partial charge in [0.2, 0.25) is 5.56 Å². The van der Waals surface area contributed by atoms with Gasteiger partial charge in [-0.15, -0.1) is 0 Å². The average Bonchev–Trinajstić information content (AvgIpc) is 2.62. The van der Waals surface area contributed by atoms with Crippen LogP contribution in [0.3, 0.4) is 0 Å². The molecular weight excluding hydrogens is 332 g/mol. The second-order valence-corrected chi connectivity index (χ2v) is 7.02. The Balaban J connectivity index is 1.71. The number of nitrogens with one attached hydrogen (secondary N) is 2. The molecule has 0 radical (unpaired) electrons. The summed E-state index contributed by atoms with van der Waals surface area (Å²) in [5, 5.41) is 3.58. The molecule has 2 aromatic rings. The van der Waals surface area contributed by atoms with Crippen LogP contribution in [0.1, 0.15) is 49.9 Å². The number of hydrogen-bond acceptors (Lipinski definition) is 4. The summed E-state index contributed by atoms with van der Waals surface area (Å²) in [6.07, 6.45) is 3.41. The molecule has 1 aliphatic carbocycles. The first-order chi connectivity index (χ1) is 12.5. The average molecular weight is 356 g/mol. The summed E-state index contributed by atoms with van der Waals surface area (Å²) in [5.41, 5.74) is 0.332. The van der Waals surface area contributed by atoms with Crippen LogP contribution in [0, 0.1) is 5.92 Å². The number of carbonyl (C=O) groups is 2. The number of rotatable bonds is 4. The Kier molecular flexibility index (Phi) is 5.40. The third-order valence-electron chi connectivity index (χ3n) is 5.06. The molecule has 138 valence electrons. The Morgan fingerprint density at radius 1 is 1.23 bits per heavy atom. The lowest BCUT2D eigenvalue weighted by Gasteiger charge is -2.30. The Bertz CT molecular complexity index is 873. The van der Waals surface area contributed by atoms with Crippen molar-refractivity contribution in [1.82, 2.24) is 10.3 Å². The van der Waals surface area contributed by atoms with Gasteiger partial charge >= 0.3 is 5.97 Å². The molecule has 6 nitrogen and oxygen atoms in total. The maximum Gasteiger partial charge on any atom is 0.339 e. The number of para-hydroxylation sites is 1. The summed E-state index contributed by atoms with van der Waals surface area (Å²) < 4.78 is 5.33. The Morgan fingerprint density at radius 2 is 1.96 bits per heavy atom. The van der Waals surface area contributed by atoms with Gasteiger partial charge in [-0.2, -0.15) is 0 Å². The minimum Gasteiger partial charge on any atom is -0.449 e. The van der Waals surface area contributed by atoms with Crippen molar-refractivity contribution in [1.29, 1.82) is 0 Å². The zero-order valence-corrected chi connectivity index (χ0v) is 15.1. The quantitative estimate of drug-likeness (QED) is 0.825. The van der Waals surface area contributed by atoms with Crippen LogP contribution in [0.2, 0.25) is 0 Å². The molecule has 26 heavy (non-hydrogen) atoms. The zero-order valence-electron chi connectivity index (χ0n) is 15.1. The number of amides is 1. The van der Waals surface area contributed by atoms with Gasteiger partial charge in [-0.1, -0.05) is 38.0 Å². The molecule has 1 fully saturated rings. The molecule has 1 amide bonds. The van der Waals surface area contributed by atoms with E-state index in [1.165, 1.54) is 12.5 Å². The van der Waals surface area contributed by atoms with Crippen molar-refractivity contribution in [2.24, 2.45) is 5.92 Å². The third kappa shape index (κ3) is 3.95. The smallest absolute Gasteiger partial charge is 0.339 e. The fraction of sp³-hybridized carbons (Fsp3) is 0.450. The molecule has 1 aromatic carbocycles. The van der Waals surface area contributed by atoms with Gasteiger partial charge in [0.15, 0.2) is 6.10 Å². The lowest BCUT2D eigenvalue weighted by atomic mass is 9.86. The van der Waals surface area contributed by atoms with Crippen molar-refractivity contribution in [3.63, 3.8) is 0 Å². The number of esters is 1. The minimum absolute atomic E-state index is 0.123. The highest BCUT2D eigenvalue weighted by atomic mass is 16.5. The van der Waals surface area contributed by atoms with Crippen LogP contribution in [-0.4, -0.2) is 29.0 Å². The molecule has 3 atom stereocenters. The molecule has 1 saturated carbocycles. The summed E-state index contributed by atoms with van der Waals surface area (Å²) in [4.78, 5) is 39.4. The van der Waals surface area contributed by atoms with Crippen LogP contribution in [0.25, 0.3) is 10.9 Å². The standard InChI is InChI=1S/C20H24N2O4/c1-12-7-3-5-9-16(12)22-19(24)13(2)26-20(25)15-11-18(23)21-17-10-6-4-8-14(15)17/h4,6,8,10-13,16H,3,5,7,9H2,1-2H3,(H,21,23)(H,22,24)/t12-,13+,16+/m0/s1. The van der Waals surface area contributed by atoms with Crippen molar-refractivity contribution in [3.8, 4) is 0 Å². The Hall–Kier alpha value is -2.63. The first kappa shape index (κ1) is 18.2. The van der Waals surface area contributed by atoms with Crippen molar-refractivity contribution >= 4 is 22.8 Å². The van der Waals surface area contributed by atoms with Crippen LogP contribution < -0.4 is 10.9 Å². The maximum atomic E-state index is 12.5. The molecule has 3 rings (SSSR count). The van der Waals surface area contributed by atoms with E-state index in [1.54, 1.807) is 31.2 Å². The van der Waals surface area contributed by atoms with Crippen LogP contribution in [0.15, 0.2) is 35.1 Å². The van der Waals surface area contributed by atoms with Crippen LogP contribution >= 0.6 is 0 Å². The Morgan fingerprint density at radius 3 is 2.73 bits per heavy atom. The molecule has 6 heteroatoms. The highest BCUT2D eigenvalue weighted by Gasteiger charge is 2.27. The van der Waals surface area contributed by atoms with Crippen LogP contribution in [0.5, 0.6) is 0 Å². The van der Waals surface area contributed by atoms with Gasteiger partial charge in [-0.25, -0.2) is 4.79 Å². The van der Waals surface area contributed by atoms with E-state index in [0.29, 0.717) is 16.8 Å². The molecule has 0 aliphatic heterocycles. The number of aromatic nitrogens is 1. The van der Waals surface area contributed by atoms with Gasteiger partial charge in [0.1, 0.15) is 0 Å². The number of pyridine rings is 1. The number of H-pyrrole nitrogens is 1. The molecule has 0 unspecified atom stereocenters. The first-order valence-electron chi connectivity index (χ1n) is 9.09. The van der Waals surface area contributed by atoms with Crippen LogP contribution in [-0.2, 0) is 9.53 Å². The maximum absolute atomic E-state index is 12.5. The second kappa shape index (κ2) is 7.72.